The molecule has 1 aromatic carbocycles. The van der Waals surface area contributed by atoms with E-state index in [0.717, 1.165) is 6.29 Å². The average Bonchev–Trinajstić information content (AvgIpc) is 2.49. The Morgan fingerprint density at radius 3 is 2.52 bits per heavy atom. The summed E-state index contributed by atoms with van der Waals surface area (Å²) in [6.07, 6.45) is 0.220. The number of aldehydes is 1. The third-order valence-electron chi connectivity index (χ3n) is 3.69. The highest BCUT2D eigenvalue weighted by atomic mass is 16.5. The normalized spacial score (nSPS) is 17.3. The number of hydrogen-bond acceptors (Lipinski definition) is 4. The molecule has 1 atom stereocenters. The van der Waals surface area contributed by atoms with E-state index in [1.165, 1.54) is 0 Å². The van der Waals surface area contributed by atoms with Gasteiger partial charge in [0.15, 0.2) is 17.6 Å². The van der Waals surface area contributed by atoms with Crippen molar-refractivity contribution < 1.29 is 19.1 Å². The zero-order chi connectivity index (χ0) is 17.1. The largest absolute Gasteiger partial charge is 0.490 e. The Morgan fingerprint density at radius 2 is 2.00 bits per heavy atom. The molecule has 0 aromatic heterocycles. The predicted octanol–water partition coefficient (Wildman–Crippen LogP) is 3.30. The van der Waals surface area contributed by atoms with E-state index in [1.807, 2.05) is 20.8 Å². The molecule has 5 nitrogen and oxygen atoms in total. The standard InChI is InChI=1S/C18H25NO4/c1-6-22-15-8-13(10-20)7-14-17(15)23-16(12(4)5)18(21)19(14)9-11(2)3/h7-8,10-12,16H,6,9H2,1-5H3. The molecular weight excluding hydrogens is 294 g/mol. The van der Waals surface area contributed by atoms with Crippen LogP contribution in [0.25, 0.3) is 0 Å². The molecule has 126 valence electrons. The minimum Gasteiger partial charge on any atom is -0.490 e. The van der Waals surface area contributed by atoms with E-state index in [0.29, 0.717) is 41.8 Å². The monoisotopic (exact) mass is 319 g/mol. The van der Waals surface area contributed by atoms with Gasteiger partial charge < -0.3 is 14.4 Å². The van der Waals surface area contributed by atoms with Gasteiger partial charge in [-0.1, -0.05) is 27.7 Å². The van der Waals surface area contributed by atoms with Gasteiger partial charge in [0.25, 0.3) is 5.91 Å². The Kier molecular flexibility index (Phi) is 5.29. The van der Waals surface area contributed by atoms with Gasteiger partial charge in [0.1, 0.15) is 6.29 Å². The second-order valence-electron chi connectivity index (χ2n) is 6.54. The molecule has 0 N–H and O–H groups in total. The van der Waals surface area contributed by atoms with Crippen LogP contribution in [0.3, 0.4) is 0 Å². The zero-order valence-electron chi connectivity index (χ0n) is 14.5. The van der Waals surface area contributed by atoms with Crippen LogP contribution in [0.15, 0.2) is 12.1 Å². The first-order valence-corrected chi connectivity index (χ1v) is 8.13. The Morgan fingerprint density at radius 1 is 1.30 bits per heavy atom. The molecule has 0 fully saturated rings. The van der Waals surface area contributed by atoms with Crippen LogP contribution in [0.1, 0.15) is 45.0 Å². The molecule has 0 saturated carbocycles. The zero-order valence-corrected chi connectivity index (χ0v) is 14.5. The number of nitrogens with zero attached hydrogens (tertiary/aromatic N) is 1. The summed E-state index contributed by atoms with van der Waals surface area (Å²) < 4.78 is 11.6. The molecular formula is C18H25NO4. The highest BCUT2D eigenvalue weighted by Crippen LogP contribution is 2.44. The van der Waals surface area contributed by atoms with Gasteiger partial charge in [0, 0.05) is 12.1 Å². The lowest BCUT2D eigenvalue weighted by Gasteiger charge is -2.37. The first-order chi connectivity index (χ1) is 10.9. The fourth-order valence-corrected chi connectivity index (χ4v) is 2.68. The Balaban J connectivity index is 2.59. The molecule has 2 rings (SSSR count). The minimum atomic E-state index is -0.539. The summed E-state index contributed by atoms with van der Waals surface area (Å²) in [5.41, 5.74) is 1.09. The van der Waals surface area contributed by atoms with Crippen LogP contribution in [0.5, 0.6) is 11.5 Å². The van der Waals surface area contributed by atoms with Crippen LogP contribution in [0.4, 0.5) is 5.69 Å². The summed E-state index contributed by atoms with van der Waals surface area (Å²) in [5.74, 6) is 1.35. The number of carbonyl (C=O) groups is 2. The smallest absolute Gasteiger partial charge is 0.268 e. The topological polar surface area (TPSA) is 55.8 Å². The third-order valence-corrected chi connectivity index (χ3v) is 3.69. The Labute approximate surface area is 137 Å². The van der Waals surface area contributed by atoms with E-state index in [-0.39, 0.29) is 11.8 Å². The molecule has 5 heteroatoms. The van der Waals surface area contributed by atoms with Crippen molar-refractivity contribution in [2.45, 2.75) is 40.7 Å². The average molecular weight is 319 g/mol. The number of benzene rings is 1. The summed E-state index contributed by atoms with van der Waals surface area (Å²) in [6.45, 7) is 10.9. The van der Waals surface area contributed by atoms with E-state index in [2.05, 4.69) is 13.8 Å². The fraction of sp³-hybridized carbons (Fsp3) is 0.556. The van der Waals surface area contributed by atoms with Gasteiger partial charge in [-0.3, -0.25) is 9.59 Å². The van der Waals surface area contributed by atoms with Crippen molar-refractivity contribution in [3.8, 4) is 11.5 Å². The molecule has 1 aromatic rings. The second-order valence-corrected chi connectivity index (χ2v) is 6.54. The van der Waals surface area contributed by atoms with Crippen molar-refractivity contribution in [2.75, 3.05) is 18.1 Å². The van der Waals surface area contributed by atoms with Gasteiger partial charge in [-0.25, -0.2) is 0 Å². The predicted molar refractivity (Wildman–Crippen MR) is 89.4 cm³/mol. The van der Waals surface area contributed by atoms with Crippen LogP contribution < -0.4 is 14.4 Å². The van der Waals surface area contributed by atoms with Crippen LogP contribution in [-0.2, 0) is 4.79 Å². The van der Waals surface area contributed by atoms with Crippen LogP contribution in [-0.4, -0.2) is 31.4 Å². The molecule has 1 unspecified atom stereocenters. The molecule has 1 heterocycles. The molecule has 23 heavy (non-hydrogen) atoms. The minimum absolute atomic E-state index is 0.0468. The van der Waals surface area contributed by atoms with E-state index in [4.69, 9.17) is 9.47 Å². The molecule has 1 aliphatic rings. The quantitative estimate of drug-likeness (QED) is 0.755. The first-order valence-electron chi connectivity index (χ1n) is 8.13. The van der Waals surface area contributed by atoms with Gasteiger partial charge in [-0.15, -0.1) is 0 Å². The van der Waals surface area contributed by atoms with Gasteiger partial charge in [-0.2, -0.15) is 0 Å². The maximum absolute atomic E-state index is 12.8. The number of ether oxygens (including phenoxy) is 2. The molecule has 1 aliphatic heterocycles. The maximum atomic E-state index is 12.8. The lowest BCUT2D eigenvalue weighted by Crippen LogP contribution is -2.49. The molecule has 0 aliphatic carbocycles. The number of hydrogen-bond donors (Lipinski definition) is 0. The fourth-order valence-electron chi connectivity index (χ4n) is 2.68. The number of carbonyl (C=O) groups excluding carboxylic acids is 2. The molecule has 0 spiro atoms. The Bertz CT molecular complexity index is 595. The van der Waals surface area contributed by atoms with E-state index >= 15 is 0 Å². The van der Waals surface area contributed by atoms with Crippen LogP contribution in [0.2, 0.25) is 0 Å². The number of anilines is 1. The Hall–Kier alpha value is -2.04. The van der Waals surface area contributed by atoms with E-state index in [9.17, 15) is 9.59 Å². The van der Waals surface area contributed by atoms with Crippen molar-refractivity contribution in [1.29, 1.82) is 0 Å². The number of fused-ring (bicyclic) bond motifs is 1. The van der Waals surface area contributed by atoms with Crippen molar-refractivity contribution in [2.24, 2.45) is 11.8 Å². The summed E-state index contributed by atoms with van der Waals surface area (Å²) in [4.78, 5) is 25.8. The molecule has 0 radical (unpaired) electrons. The van der Waals surface area contributed by atoms with Gasteiger partial charge in [0.05, 0.1) is 12.3 Å². The number of rotatable bonds is 6. The lowest BCUT2D eigenvalue weighted by atomic mass is 10.0. The van der Waals surface area contributed by atoms with Crippen LogP contribution in [0, 0.1) is 11.8 Å². The van der Waals surface area contributed by atoms with E-state index in [1.54, 1.807) is 17.0 Å². The highest BCUT2D eigenvalue weighted by molar-refractivity contribution is 6.01. The van der Waals surface area contributed by atoms with E-state index < -0.39 is 6.10 Å². The van der Waals surface area contributed by atoms with Gasteiger partial charge >= 0.3 is 0 Å². The summed E-state index contributed by atoms with van der Waals surface area (Å²) in [7, 11) is 0. The van der Waals surface area contributed by atoms with Crippen molar-refractivity contribution in [3.05, 3.63) is 17.7 Å². The second kappa shape index (κ2) is 7.02. The lowest BCUT2D eigenvalue weighted by molar-refractivity contribution is -0.128. The summed E-state index contributed by atoms with van der Waals surface area (Å²) in [6, 6.07) is 3.36. The number of amides is 1. The van der Waals surface area contributed by atoms with Crippen molar-refractivity contribution in [3.63, 3.8) is 0 Å². The summed E-state index contributed by atoms with van der Waals surface area (Å²) >= 11 is 0. The third kappa shape index (κ3) is 3.49. The first kappa shape index (κ1) is 17.3. The molecule has 0 bridgehead atoms. The molecule has 0 saturated heterocycles. The van der Waals surface area contributed by atoms with Crippen molar-refractivity contribution >= 4 is 17.9 Å². The highest BCUT2D eigenvalue weighted by Gasteiger charge is 2.38. The van der Waals surface area contributed by atoms with Gasteiger partial charge in [0.2, 0.25) is 0 Å². The van der Waals surface area contributed by atoms with Gasteiger partial charge in [-0.05, 0) is 30.9 Å². The van der Waals surface area contributed by atoms with Crippen LogP contribution >= 0.6 is 0 Å². The van der Waals surface area contributed by atoms with Crippen molar-refractivity contribution in [1.82, 2.24) is 0 Å². The molecule has 1 amide bonds. The maximum Gasteiger partial charge on any atom is 0.268 e. The summed E-state index contributed by atoms with van der Waals surface area (Å²) in [5, 5.41) is 0. The SMILES string of the molecule is CCOc1cc(C=O)cc2c1OC(C(C)C)C(=O)N2CC(C)C.